The lowest BCUT2D eigenvalue weighted by molar-refractivity contribution is -0.117. The number of pyridine rings is 1. The van der Waals surface area contributed by atoms with Crippen molar-refractivity contribution >= 4 is 22.9 Å². The Hall–Kier alpha value is -2.69. The Balaban J connectivity index is 1.85. The van der Waals surface area contributed by atoms with Gasteiger partial charge in [0.25, 0.3) is 0 Å². The van der Waals surface area contributed by atoms with Crippen LogP contribution in [0.1, 0.15) is 11.3 Å². The fourth-order valence-corrected chi connectivity index (χ4v) is 2.44. The fraction of sp³-hybridized carbons (Fsp3) is 0.235. The van der Waals surface area contributed by atoms with Crippen molar-refractivity contribution in [3.05, 3.63) is 53.9 Å². The van der Waals surface area contributed by atoms with Gasteiger partial charge in [0.1, 0.15) is 0 Å². The van der Waals surface area contributed by atoms with E-state index in [1.165, 1.54) is 0 Å². The summed E-state index contributed by atoms with van der Waals surface area (Å²) in [6, 6.07) is 11.7. The van der Waals surface area contributed by atoms with Crippen LogP contribution < -0.4 is 4.90 Å². The van der Waals surface area contributed by atoms with Crippen LogP contribution in [0.25, 0.3) is 11.0 Å². The van der Waals surface area contributed by atoms with Crippen LogP contribution in [0, 0.1) is 6.92 Å². The monoisotopic (exact) mass is 294 g/mol. The molecule has 0 atom stereocenters. The van der Waals surface area contributed by atoms with Crippen LogP contribution >= 0.6 is 0 Å². The zero-order valence-electron chi connectivity index (χ0n) is 12.9. The number of hydrogen-bond donors (Lipinski definition) is 0. The van der Waals surface area contributed by atoms with Crippen molar-refractivity contribution in [2.45, 2.75) is 13.3 Å². The largest absolute Gasteiger partial charge is 0.313 e. The molecule has 0 aliphatic rings. The van der Waals surface area contributed by atoms with E-state index in [9.17, 15) is 4.79 Å². The third-order valence-electron chi connectivity index (χ3n) is 3.77. The molecule has 0 saturated heterocycles. The Morgan fingerprint density at radius 3 is 2.68 bits per heavy atom. The predicted octanol–water partition coefficient (Wildman–Crippen LogP) is 2.48. The summed E-state index contributed by atoms with van der Waals surface area (Å²) in [5.41, 5.74) is 3.74. The van der Waals surface area contributed by atoms with Crippen molar-refractivity contribution in [3.8, 4) is 0 Å². The molecule has 2 aromatic heterocycles. The SMILES string of the molecule is Cc1ccc(CC(=O)N(C)c2nc3ccccc3n2C)cn1. The third kappa shape index (κ3) is 2.57. The second-order valence-electron chi connectivity index (χ2n) is 5.40. The maximum Gasteiger partial charge on any atom is 0.233 e. The molecule has 0 bridgehead atoms. The van der Waals surface area contributed by atoms with Crippen molar-refractivity contribution in [1.82, 2.24) is 14.5 Å². The molecule has 3 aromatic rings. The number of aryl methyl sites for hydroxylation is 2. The topological polar surface area (TPSA) is 51.0 Å². The van der Waals surface area contributed by atoms with Crippen molar-refractivity contribution in [2.75, 3.05) is 11.9 Å². The van der Waals surface area contributed by atoms with E-state index in [0.29, 0.717) is 12.4 Å². The van der Waals surface area contributed by atoms with Gasteiger partial charge in [-0.3, -0.25) is 14.7 Å². The maximum atomic E-state index is 12.5. The minimum absolute atomic E-state index is 0.0101. The number of likely N-dealkylation sites (N-methyl/N-ethyl adjacent to an activating group) is 1. The van der Waals surface area contributed by atoms with Crippen molar-refractivity contribution < 1.29 is 4.79 Å². The summed E-state index contributed by atoms with van der Waals surface area (Å²) >= 11 is 0. The molecule has 0 radical (unpaired) electrons. The van der Waals surface area contributed by atoms with Gasteiger partial charge in [-0.05, 0) is 30.7 Å². The number of hydrogen-bond acceptors (Lipinski definition) is 3. The number of amides is 1. The molecule has 0 aliphatic heterocycles. The lowest BCUT2D eigenvalue weighted by Crippen LogP contribution is -2.30. The average Bonchev–Trinajstić information content (AvgIpc) is 2.86. The lowest BCUT2D eigenvalue weighted by atomic mass is 10.2. The molecule has 1 aromatic carbocycles. The van der Waals surface area contributed by atoms with Crippen LogP contribution in [0.15, 0.2) is 42.6 Å². The number of nitrogens with zero attached hydrogens (tertiary/aromatic N) is 4. The first-order valence-electron chi connectivity index (χ1n) is 7.16. The minimum Gasteiger partial charge on any atom is -0.313 e. The van der Waals surface area contributed by atoms with Gasteiger partial charge >= 0.3 is 0 Å². The Labute approximate surface area is 129 Å². The summed E-state index contributed by atoms with van der Waals surface area (Å²) in [5.74, 6) is 0.635. The minimum atomic E-state index is -0.0101. The molecule has 0 aliphatic carbocycles. The summed E-state index contributed by atoms with van der Waals surface area (Å²) in [4.78, 5) is 22.8. The number of imidazole rings is 1. The van der Waals surface area contributed by atoms with Gasteiger partial charge in [0.05, 0.1) is 17.5 Å². The number of anilines is 1. The normalized spacial score (nSPS) is 10.9. The van der Waals surface area contributed by atoms with E-state index in [1.54, 1.807) is 18.1 Å². The molecule has 5 nitrogen and oxygen atoms in total. The molecule has 0 unspecified atom stereocenters. The fourth-order valence-electron chi connectivity index (χ4n) is 2.44. The first-order valence-corrected chi connectivity index (χ1v) is 7.16. The van der Waals surface area contributed by atoms with Gasteiger partial charge in [-0.2, -0.15) is 0 Å². The molecule has 5 heteroatoms. The van der Waals surface area contributed by atoms with Crippen LogP contribution in [-0.2, 0) is 18.3 Å². The smallest absolute Gasteiger partial charge is 0.233 e. The maximum absolute atomic E-state index is 12.5. The number of carbonyl (C=O) groups is 1. The average molecular weight is 294 g/mol. The molecule has 1 amide bonds. The Bertz CT molecular complexity index is 820. The molecular formula is C17H18N4O. The van der Waals surface area contributed by atoms with Crippen LogP contribution in [0.2, 0.25) is 0 Å². The first-order chi connectivity index (χ1) is 10.6. The van der Waals surface area contributed by atoms with Crippen LogP contribution in [-0.4, -0.2) is 27.5 Å². The van der Waals surface area contributed by atoms with Gasteiger partial charge in [0, 0.05) is 26.0 Å². The summed E-state index contributed by atoms with van der Waals surface area (Å²) in [6.45, 7) is 1.93. The molecule has 0 spiro atoms. The predicted molar refractivity (Wildman–Crippen MR) is 86.8 cm³/mol. The van der Waals surface area contributed by atoms with E-state index in [4.69, 9.17) is 0 Å². The van der Waals surface area contributed by atoms with Gasteiger partial charge < -0.3 is 4.57 Å². The third-order valence-corrected chi connectivity index (χ3v) is 3.77. The van der Waals surface area contributed by atoms with Crippen LogP contribution in [0.4, 0.5) is 5.95 Å². The summed E-state index contributed by atoms with van der Waals surface area (Å²) in [5, 5.41) is 0. The Morgan fingerprint density at radius 1 is 1.23 bits per heavy atom. The number of aromatic nitrogens is 3. The highest BCUT2D eigenvalue weighted by atomic mass is 16.2. The zero-order chi connectivity index (χ0) is 15.7. The van der Waals surface area contributed by atoms with E-state index >= 15 is 0 Å². The van der Waals surface area contributed by atoms with E-state index < -0.39 is 0 Å². The number of benzene rings is 1. The van der Waals surface area contributed by atoms with Crippen LogP contribution in [0.5, 0.6) is 0 Å². The molecule has 22 heavy (non-hydrogen) atoms. The van der Waals surface area contributed by atoms with Gasteiger partial charge in [-0.15, -0.1) is 0 Å². The highest BCUT2D eigenvalue weighted by Gasteiger charge is 2.17. The summed E-state index contributed by atoms with van der Waals surface area (Å²) < 4.78 is 1.93. The van der Waals surface area contributed by atoms with Gasteiger partial charge in [0.2, 0.25) is 11.9 Å². The lowest BCUT2D eigenvalue weighted by Gasteiger charge is -2.16. The highest BCUT2D eigenvalue weighted by molar-refractivity contribution is 5.94. The van der Waals surface area contributed by atoms with Crippen molar-refractivity contribution in [2.24, 2.45) is 7.05 Å². The molecule has 0 saturated carbocycles. The van der Waals surface area contributed by atoms with E-state index in [0.717, 1.165) is 22.3 Å². The highest BCUT2D eigenvalue weighted by Crippen LogP contribution is 2.20. The quantitative estimate of drug-likeness (QED) is 0.745. The van der Waals surface area contributed by atoms with Gasteiger partial charge in [-0.25, -0.2) is 4.98 Å². The van der Waals surface area contributed by atoms with E-state index in [1.807, 2.05) is 54.9 Å². The standard InChI is InChI=1S/C17H18N4O/c1-12-8-9-13(11-18-12)10-16(22)21(3)17-19-14-6-4-5-7-15(14)20(17)2/h4-9,11H,10H2,1-3H3. The molecule has 112 valence electrons. The summed E-state index contributed by atoms with van der Waals surface area (Å²) in [7, 11) is 3.67. The molecule has 3 rings (SSSR count). The van der Waals surface area contributed by atoms with Crippen molar-refractivity contribution in [1.29, 1.82) is 0 Å². The molecular weight excluding hydrogens is 276 g/mol. The van der Waals surface area contributed by atoms with E-state index in [-0.39, 0.29) is 5.91 Å². The van der Waals surface area contributed by atoms with Gasteiger partial charge in [-0.1, -0.05) is 18.2 Å². The molecule has 2 heterocycles. The molecule has 0 N–H and O–H groups in total. The number of rotatable bonds is 3. The summed E-state index contributed by atoms with van der Waals surface area (Å²) in [6.07, 6.45) is 2.06. The Morgan fingerprint density at radius 2 is 2.00 bits per heavy atom. The van der Waals surface area contributed by atoms with Crippen LogP contribution in [0.3, 0.4) is 0 Å². The number of fused-ring (bicyclic) bond motifs is 1. The number of carbonyl (C=O) groups excluding carboxylic acids is 1. The second-order valence-corrected chi connectivity index (χ2v) is 5.40. The van der Waals surface area contributed by atoms with E-state index in [2.05, 4.69) is 9.97 Å². The Kier molecular flexibility index (Phi) is 3.63. The zero-order valence-corrected chi connectivity index (χ0v) is 12.9. The van der Waals surface area contributed by atoms with Crippen molar-refractivity contribution in [3.63, 3.8) is 0 Å². The molecule has 0 fully saturated rings. The first kappa shape index (κ1) is 14.3. The second kappa shape index (κ2) is 5.60. The number of para-hydroxylation sites is 2. The van der Waals surface area contributed by atoms with Gasteiger partial charge in [0.15, 0.2) is 0 Å².